The van der Waals surface area contributed by atoms with Crippen LogP contribution in [0.15, 0.2) is 35.1 Å². The first-order chi connectivity index (χ1) is 14.0. The van der Waals surface area contributed by atoms with Crippen LogP contribution in [0.1, 0.15) is 49.9 Å². The number of carbonyl (C=O) groups is 1. The molecule has 2 aromatic heterocycles. The topological polar surface area (TPSA) is 81.8 Å². The molecule has 0 saturated heterocycles. The van der Waals surface area contributed by atoms with Crippen molar-refractivity contribution in [3.05, 3.63) is 52.1 Å². The third kappa shape index (κ3) is 3.95. The molecule has 0 radical (unpaired) electrons. The molecule has 1 aliphatic rings. The summed E-state index contributed by atoms with van der Waals surface area (Å²) in [6, 6.07) is 10.1. The molecule has 7 heteroatoms. The van der Waals surface area contributed by atoms with Gasteiger partial charge in [-0.25, -0.2) is 9.36 Å². The summed E-state index contributed by atoms with van der Waals surface area (Å²) >= 11 is 0. The van der Waals surface area contributed by atoms with Crippen LogP contribution in [0.3, 0.4) is 0 Å². The second-order valence-electron chi connectivity index (χ2n) is 7.82. The van der Waals surface area contributed by atoms with Crippen LogP contribution in [-0.4, -0.2) is 31.5 Å². The van der Waals surface area contributed by atoms with Gasteiger partial charge in [0.2, 0.25) is 5.91 Å². The lowest BCUT2D eigenvalue weighted by atomic mass is 10.2. The van der Waals surface area contributed by atoms with E-state index in [2.05, 4.69) is 15.5 Å². The Morgan fingerprint density at radius 3 is 2.59 bits per heavy atom. The minimum atomic E-state index is -0.209. The summed E-state index contributed by atoms with van der Waals surface area (Å²) in [6.07, 6.45) is 5.52. The van der Waals surface area contributed by atoms with Crippen molar-refractivity contribution in [2.45, 2.75) is 65.0 Å². The molecule has 3 aromatic rings. The van der Waals surface area contributed by atoms with E-state index in [1.807, 2.05) is 44.2 Å². The van der Waals surface area contributed by atoms with Gasteiger partial charge in [-0.3, -0.25) is 9.59 Å². The van der Waals surface area contributed by atoms with Gasteiger partial charge in [-0.05, 0) is 45.2 Å². The molecule has 2 heterocycles. The van der Waals surface area contributed by atoms with Crippen LogP contribution in [-0.2, 0) is 11.3 Å². The first kappa shape index (κ1) is 19.4. The van der Waals surface area contributed by atoms with Crippen LogP contribution in [0, 0.1) is 13.8 Å². The molecule has 7 nitrogen and oxygen atoms in total. The average molecular weight is 393 g/mol. The number of aryl methyl sites for hydroxylation is 3. The lowest BCUT2D eigenvalue weighted by molar-refractivity contribution is -0.121. The average Bonchev–Trinajstić information content (AvgIpc) is 3.34. The monoisotopic (exact) mass is 393 g/mol. The second kappa shape index (κ2) is 8.19. The van der Waals surface area contributed by atoms with Gasteiger partial charge >= 0.3 is 0 Å². The molecule has 0 bridgehead atoms. The van der Waals surface area contributed by atoms with Crippen LogP contribution in [0.25, 0.3) is 16.6 Å². The summed E-state index contributed by atoms with van der Waals surface area (Å²) in [5, 5.41) is 13.0. The van der Waals surface area contributed by atoms with Crippen LogP contribution in [0.5, 0.6) is 0 Å². The van der Waals surface area contributed by atoms with Gasteiger partial charge in [0.05, 0.1) is 22.5 Å². The van der Waals surface area contributed by atoms with Crippen molar-refractivity contribution in [2.75, 3.05) is 0 Å². The number of benzene rings is 1. The fraction of sp³-hybridized carbons (Fsp3) is 0.455. The van der Waals surface area contributed by atoms with Crippen molar-refractivity contribution in [1.29, 1.82) is 0 Å². The Balaban J connectivity index is 1.52. The summed E-state index contributed by atoms with van der Waals surface area (Å²) in [4.78, 5) is 25.1. The van der Waals surface area contributed by atoms with Gasteiger partial charge in [-0.1, -0.05) is 31.0 Å². The van der Waals surface area contributed by atoms with Crippen LogP contribution >= 0.6 is 0 Å². The Hall–Kier alpha value is -2.96. The molecule has 29 heavy (non-hydrogen) atoms. The smallest absolute Gasteiger partial charge is 0.295 e. The molecular weight excluding hydrogens is 366 g/mol. The number of amides is 1. The third-order valence-corrected chi connectivity index (χ3v) is 5.68. The van der Waals surface area contributed by atoms with Crippen molar-refractivity contribution in [3.8, 4) is 5.69 Å². The lowest BCUT2D eigenvalue weighted by Crippen LogP contribution is -2.33. The minimum Gasteiger partial charge on any atom is -0.353 e. The number of nitrogens with zero attached hydrogens (tertiary/aromatic N) is 4. The molecule has 1 saturated carbocycles. The number of hydrogen-bond donors (Lipinski definition) is 1. The summed E-state index contributed by atoms with van der Waals surface area (Å²) in [5.74, 6) is 0.0620. The molecule has 0 aliphatic heterocycles. The number of aromatic nitrogens is 4. The SMILES string of the molecule is Cc1nn(CCCC(=O)NC2CCCC2)c(=O)c2nn(-c3ccccc3)c(C)c12. The number of rotatable bonds is 6. The fourth-order valence-electron chi connectivity index (χ4n) is 4.22. The van der Waals surface area contributed by atoms with E-state index in [1.165, 1.54) is 17.5 Å². The molecule has 1 aliphatic carbocycles. The van der Waals surface area contributed by atoms with E-state index in [4.69, 9.17) is 0 Å². The summed E-state index contributed by atoms with van der Waals surface area (Å²) in [6.45, 7) is 4.26. The van der Waals surface area contributed by atoms with E-state index in [-0.39, 0.29) is 11.5 Å². The van der Waals surface area contributed by atoms with Crippen LogP contribution in [0.2, 0.25) is 0 Å². The highest BCUT2D eigenvalue weighted by molar-refractivity contribution is 5.83. The molecule has 0 spiro atoms. The summed E-state index contributed by atoms with van der Waals surface area (Å²) in [7, 11) is 0. The molecule has 4 rings (SSSR count). The van der Waals surface area contributed by atoms with Gasteiger partial charge in [0.25, 0.3) is 5.56 Å². The van der Waals surface area contributed by atoms with Gasteiger partial charge in [0.1, 0.15) is 0 Å². The number of carbonyl (C=O) groups excluding carboxylic acids is 1. The van der Waals surface area contributed by atoms with E-state index in [1.54, 1.807) is 4.68 Å². The molecule has 1 aromatic carbocycles. The Bertz CT molecular complexity index is 1080. The molecule has 152 valence electrons. The maximum Gasteiger partial charge on any atom is 0.295 e. The van der Waals surface area contributed by atoms with Gasteiger partial charge in [0.15, 0.2) is 5.52 Å². The summed E-state index contributed by atoms with van der Waals surface area (Å²) in [5.41, 5.74) is 2.80. The van der Waals surface area contributed by atoms with Crippen molar-refractivity contribution in [2.24, 2.45) is 0 Å². The highest BCUT2D eigenvalue weighted by Gasteiger charge is 2.19. The molecule has 1 amide bonds. The Morgan fingerprint density at radius 2 is 1.86 bits per heavy atom. The fourth-order valence-corrected chi connectivity index (χ4v) is 4.22. The highest BCUT2D eigenvalue weighted by Crippen LogP contribution is 2.21. The normalized spacial score (nSPS) is 14.6. The molecule has 1 N–H and O–H groups in total. The van der Waals surface area contributed by atoms with Crippen molar-refractivity contribution >= 4 is 16.8 Å². The third-order valence-electron chi connectivity index (χ3n) is 5.68. The number of hydrogen-bond acceptors (Lipinski definition) is 4. The summed E-state index contributed by atoms with van der Waals surface area (Å²) < 4.78 is 3.24. The lowest BCUT2D eigenvalue weighted by Gasteiger charge is -2.12. The van der Waals surface area contributed by atoms with Crippen LogP contribution < -0.4 is 10.9 Å². The first-order valence-electron chi connectivity index (χ1n) is 10.4. The number of fused-ring (bicyclic) bond motifs is 1. The zero-order valence-corrected chi connectivity index (χ0v) is 17.0. The second-order valence-corrected chi connectivity index (χ2v) is 7.82. The standard InChI is InChI=1S/C22H27N5O2/c1-15-20-16(2)27(18-11-4-3-5-12-18)25-21(20)22(29)26(24-15)14-8-13-19(28)23-17-9-6-7-10-17/h3-5,11-12,17H,6-10,13-14H2,1-2H3,(H,23,28). The van der Waals surface area contributed by atoms with Gasteiger partial charge in [-0.15, -0.1) is 0 Å². The molecular formula is C22H27N5O2. The molecule has 0 unspecified atom stereocenters. The van der Waals surface area contributed by atoms with E-state index in [0.29, 0.717) is 30.9 Å². The van der Waals surface area contributed by atoms with Gasteiger partial charge < -0.3 is 5.32 Å². The Kier molecular flexibility index (Phi) is 5.47. The van der Waals surface area contributed by atoms with E-state index in [0.717, 1.165) is 35.3 Å². The quantitative estimate of drug-likeness (QED) is 0.698. The Morgan fingerprint density at radius 1 is 1.14 bits per heavy atom. The van der Waals surface area contributed by atoms with E-state index >= 15 is 0 Å². The van der Waals surface area contributed by atoms with Gasteiger partial charge in [0, 0.05) is 19.0 Å². The minimum absolute atomic E-state index is 0.0620. The van der Waals surface area contributed by atoms with Crippen molar-refractivity contribution in [3.63, 3.8) is 0 Å². The zero-order valence-electron chi connectivity index (χ0n) is 17.0. The van der Waals surface area contributed by atoms with Gasteiger partial charge in [-0.2, -0.15) is 10.2 Å². The largest absolute Gasteiger partial charge is 0.353 e. The molecule has 0 atom stereocenters. The maximum atomic E-state index is 13.0. The van der Waals surface area contributed by atoms with Crippen molar-refractivity contribution < 1.29 is 4.79 Å². The van der Waals surface area contributed by atoms with E-state index in [9.17, 15) is 9.59 Å². The Labute approximate surface area is 169 Å². The first-order valence-corrected chi connectivity index (χ1v) is 10.4. The maximum absolute atomic E-state index is 13.0. The van der Waals surface area contributed by atoms with E-state index < -0.39 is 0 Å². The predicted octanol–water partition coefficient (Wildman–Crippen LogP) is 3.04. The predicted molar refractivity (Wildman–Crippen MR) is 112 cm³/mol. The number of para-hydroxylation sites is 1. The van der Waals surface area contributed by atoms with Crippen LogP contribution in [0.4, 0.5) is 0 Å². The zero-order chi connectivity index (χ0) is 20.4. The van der Waals surface area contributed by atoms with Crippen molar-refractivity contribution in [1.82, 2.24) is 24.9 Å². The number of nitrogens with one attached hydrogen (secondary N) is 1. The highest BCUT2D eigenvalue weighted by atomic mass is 16.1. The molecule has 1 fully saturated rings.